The SMILES string of the molecule is COC(=O)[C@@H]1CC2(CC(=O)c3c(c(C)nc4ccc(Cl)cc34)O2)CN1C(=O)OC(C)(C)C.COC(=O)[C@@H]1CC2(CC(O)c3c(c(C)nc4ccc(Cl)cc34)O2)CN1C(=O)OC(C)(C)C. The Kier molecular flexibility index (Phi) is 12.2. The minimum absolute atomic E-state index is 0.00212. The van der Waals surface area contributed by atoms with E-state index < -0.39 is 64.7 Å². The van der Waals surface area contributed by atoms with Crippen molar-refractivity contribution in [3.05, 3.63) is 69.0 Å². The number of aliphatic hydroxyl groups is 1. The first-order chi connectivity index (χ1) is 29.9. The highest BCUT2D eigenvalue weighted by Gasteiger charge is 2.57. The summed E-state index contributed by atoms with van der Waals surface area (Å²) in [6.45, 7) is 14.1. The molecule has 342 valence electrons. The van der Waals surface area contributed by atoms with Gasteiger partial charge in [-0.15, -0.1) is 0 Å². The molecule has 0 aliphatic carbocycles. The summed E-state index contributed by atoms with van der Waals surface area (Å²) in [6, 6.07) is 8.67. The predicted molar refractivity (Wildman–Crippen MR) is 235 cm³/mol. The number of amides is 2. The molecule has 2 saturated heterocycles. The van der Waals surface area contributed by atoms with Gasteiger partial charge < -0.3 is 33.5 Å². The lowest BCUT2D eigenvalue weighted by Crippen LogP contribution is -2.47. The lowest BCUT2D eigenvalue weighted by Gasteiger charge is -2.39. The molecule has 4 aromatic rings. The molecule has 2 amide bonds. The number of Topliss-reactive ketones (excluding diaryl/α,β-unsaturated/α-hetero) is 1. The molecule has 1 N–H and O–H groups in total. The van der Waals surface area contributed by atoms with Crippen molar-refractivity contribution in [1.82, 2.24) is 19.8 Å². The maximum absolute atomic E-state index is 13.4. The molecule has 2 fully saturated rings. The molecule has 0 bridgehead atoms. The van der Waals surface area contributed by atoms with Crippen LogP contribution >= 0.6 is 23.2 Å². The summed E-state index contributed by atoms with van der Waals surface area (Å²) in [5.74, 6) is -0.496. The number of benzene rings is 2. The van der Waals surface area contributed by atoms with Crippen molar-refractivity contribution in [2.24, 2.45) is 0 Å². The normalized spacial score (nSPS) is 23.8. The fourth-order valence-corrected chi connectivity index (χ4v) is 9.30. The fraction of sp³-hybridized carbons (Fsp3) is 0.500. The van der Waals surface area contributed by atoms with E-state index in [2.05, 4.69) is 9.97 Å². The zero-order valence-corrected chi connectivity index (χ0v) is 38.9. The number of carbonyl (C=O) groups excluding carboxylic acids is 5. The molecule has 4 aliphatic rings. The predicted octanol–water partition coefficient (Wildman–Crippen LogP) is 8.02. The Balaban J connectivity index is 0.000000191. The van der Waals surface area contributed by atoms with E-state index in [4.69, 9.17) is 51.6 Å². The highest BCUT2D eigenvalue weighted by atomic mass is 35.5. The number of nitrogens with zero attached hydrogens (tertiary/aromatic N) is 4. The summed E-state index contributed by atoms with van der Waals surface area (Å²) in [7, 11) is 2.53. The lowest BCUT2D eigenvalue weighted by molar-refractivity contribution is -0.146. The number of ether oxygens (including phenoxy) is 6. The van der Waals surface area contributed by atoms with Crippen LogP contribution in [-0.4, -0.2) is 117 Å². The highest BCUT2D eigenvalue weighted by Crippen LogP contribution is 2.50. The van der Waals surface area contributed by atoms with Crippen LogP contribution in [0.4, 0.5) is 9.59 Å². The third-order valence-electron chi connectivity index (χ3n) is 11.5. The number of ketones is 1. The van der Waals surface area contributed by atoms with E-state index in [0.717, 1.165) is 0 Å². The number of aliphatic hydroxyl groups excluding tert-OH is 1. The molecule has 4 aliphatic heterocycles. The summed E-state index contributed by atoms with van der Waals surface area (Å²) >= 11 is 12.3. The standard InChI is InChI=1S/C23H27ClN2O6.C23H25ClN2O6/c2*1-12-19-18(14-8-13(24)6-7-15(14)25-12)17(27)10-23(31-19)9-16(20(28)30-5)26(11-23)21(29)32-22(2,3)4/h6-8,16-17,27H,9-11H2,1-5H3;6-8,16H,9-11H2,1-5H3/t16-,17?,23?;16-,23?/m00/s1. The minimum atomic E-state index is -1.08. The fourth-order valence-electron chi connectivity index (χ4n) is 8.96. The first-order valence-electron chi connectivity index (χ1n) is 20.8. The quantitative estimate of drug-likeness (QED) is 0.150. The van der Waals surface area contributed by atoms with Gasteiger partial charge in [0.1, 0.15) is 40.2 Å². The summed E-state index contributed by atoms with van der Waals surface area (Å²) in [5, 5.41) is 13.5. The molecule has 18 heteroatoms. The van der Waals surface area contributed by atoms with Gasteiger partial charge in [0, 0.05) is 45.6 Å². The van der Waals surface area contributed by atoms with Gasteiger partial charge in [-0.2, -0.15) is 0 Å². The van der Waals surface area contributed by atoms with E-state index in [1.165, 1.54) is 24.0 Å². The second-order valence-electron chi connectivity index (χ2n) is 18.8. The Hall–Kier alpha value is -5.45. The van der Waals surface area contributed by atoms with Crippen LogP contribution < -0.4 is 9.47 Å². The zero-order chi connectivity index (χ0) is 46.8. The monoisotopic (exact) mass is 922 g/mol. The zero-order valence-electron chi connectivity index (χ0n) is 37.4. The number of methoxy groups -OCH3 is 2. The molecule has 5 atom stereocenters. The van der Waals surface area contributed by atoms with Gasteiger partial charge in [-0.25, -0.2) is 29.1 Å². The van der Waals surface area contributed by atoms with Gasteiger partial charge in [0.2, 0.25) is 0 Å². The Morgan fingerprint density at radius 2 is 1.17 bits per heavy atom. The molecule has 3 unspecified atom stereocenters. The van der Waals surface area contributed by atoms with Gasteiger partial charge in [-0.05, 0) is 91.8 Å². The Morgan fingerprint density at radius 1 is 0.719 bits per heavy atom. The third-order valence-corrected chi connectivity index (χ3v) is 12.0. The Bertz CT molecular complexity index is 2590. The minimum Gasteiger partial charge on any atom is -0.483 e. The first-order valence-corrected chi connectivity index (χ1v) is 21.6. The number of pyridine rings is 2. The average Bonchev–Trinajstić information content (AvgIpc) is 3.75. The molecule has 2 aromatic heterocycles. The topological polar surface area (TPSA) is 193 Å². The first kappa shape index (κ1) is 46.5. The van der Waals surface area contributed by atoms with E-state index in [0.29, 0.717) is 65.9 Å². The molecule has 8 rings (SSSR count). The molecule has 2 aromatic carbocycles. The van der Waals surface area contributed by atoms with E-state index in [1.54, 1.807) is 91.8 Å². The second kappa shape index (κ2) is 16.8. The molecule has 6 heterocycles. The van der Waals surface area contributed by atoms with Crippen LogP contribution in [0, 0.1) is 13.8 Å². The lowest BCUT2D eigenvalue weighted by atomic mass is 9.85. The van der Waals surface area contributed by atoms with Crippen LogP contribution in [0.3, 0.4) is 0 Å². The van der Waals surface area contributed by atoms with Crippen molar-refractivity contribution in [1.29, 1.82) is 0 Å². The number of halogens is 2. The van der Waals surface area contributed by atoms with E-state index in [9.17, 15) is 29.1 Å². The molecular weight excluding hydrogens is 871 g/mol. The maximum atomic E-state index is 13.4. The Morgan fingerprint density at radius 3 is 1.69 bits per heavy atom. The van der Waals surface area contributed by atoms with Crippen molar-refractivity contribution in [3.63, 3.8) is 0 Å². The highest BCUT2D eigenvalue weighted by molar-refractivity contribution is 6.32. The molecule has 2 spiro atoms. The van der Waals surface area contributed by atoms with Crippen molar-refractivity contribution in [3.8, 4) is 11.5 Å². The number of aryl methyl sites for hydroxylation is 2. The van der Waals surface area contributed by atoms with E-state index in [1.807, 2.05) is 0 Å². The number of fused-ring (bicyclic) bond motifs is 6. The van der Waals surface area contributed by atoms with Crippen molar-refractivity contribution in [2.45, 2.75) is 122 Å². The van der Waals surface area contributed by atoms with Crippen molar-refractivity contribution in [2.75, 3.05) is 27.3 Å². The van der Waals surface area contributed by atoms with Gasteiger partial charge in [-0.3, -0.25) is 14.6 Å². The summed E-state index contributed by atoms with van der Waals surface area (Å²) in [6.07, 6.45) is -1.71. The van der Waals surface area contributed by atoms with Gasteiger partial charge >= 0.3 is 24.1 Å². The number of carbonyl (C=O) groups is 5. The van der Waals surface area contributed by atoms with Crippen molar-refractivity contribution < 1.29 is 57.5 Å². The number of hydrogen-bond donors (Lipinski definition) is 1. The maximum Gasteiger partial charge on any atom is 0.411 e. The van der Waals surface area contributed by atoms with Crippen molar-refractivity contribution >= 4 is 74.9 Å². The molecule has 16 nitrogen and oxygen atoms in total. The number of rotatable bonds is 2. The second-order valence-corrected chi connectivity index (χ2v) is 19.6. The van der Waals surface area contributed by atoms with Gasteiger partial charge in [0.05, 0.1) is 67.8 Å². The van der Waals surface area contributed by atoms with Crippen LogP contribution in [0.15, 0.2) is 36.4 Å². The van der Waals surface area contributed by atoms with Gasteiger partial charge in [0.15, 0.2) is 11.5 Å². The summed E-state index contributed by atoms with van der Waals surface area (Å²) < 4.78 is 33.7. The summed E-state index contributed by atoms with van der Waals surface area (Å²) in [5.41, 5.74) is 0.00163. The van der Waals surface area contributed by atoms with Gasteiger partial charge in [-0.1, -0.05) is 23.2 Å². The molecule has 0 radical (unpaired) electrons. The Labute approximate surface area is 380 Å². The number of aromatic nitrogens is 2. The van der Waals surface area contributed by atoms with Crippen LogP contribution in [0.5, 0.6) is 11.5 Å². The van der Waals surface area contributed by atoms with Gasteiger partial charge in [0.25, 0.3) is 0 Å². The molecular formula is C46H52Cl2N4O12. The van der Waals surface area contributed by atoms with Crippen LogP contribution in [0.25, 0.3) is 21.8 Å². The largest absolute Gasteiger partial charge is 0.483 e. The van der Waals surface area contributed by atoms with Crippen LogP contribution in [0.1, 0.15) is 101 Å². The summed E-state index contributed by atoms with van der Waals surface area (Å²) in [4.78, 5) is 75.9. The number of esters is 2. The molecule has 0 saturated carbocycles. The average molecular weight is 924 g/mol. The molecule has 64 heavy (non-hydrogen) atoms. The smallest absolute Gasteiger partial charge is 0.411 e. The van der Waals surface area contributed by atoms with E-state index in [-0.39, 0.29) is 44.6 Å². The number of hydrogen-bond acceptors (Lipinski definition) is 14. The number of likely N-dealkylation sites (tertiary alicyclic amines) is 2. The van der Waals surface area contributed by atoms with Crippen LogP contribution in [0.2, 0.25) is 10.0 Å². The van der Waals surface area contributed by atoms with E-state index >= 15 is 0 Å². The third kappa shape index (κ3) is 9.09. The van der Waals surface area contributed by atoms with Crippen LogP contribution in [-0.2, 0) is 28.5 Å².